The highest BCUT2D eigenvalue weighted by Gasteiger charge is 2.36. The normalized spacial score (nSPS) is 16.2. The number of benzene rings is 1. The Bertz CT molecular complexity index is 521. The second kappa shape index (κ2) is 10.2. The number of nitrogens with two attached hydrogens (primary N) is 2. The van der Waals surface area contributed by atoms with Crippen LogP contribution in [0.4, 0.5) is 0 Å². The second-order valence-electron chi connectivity index (χ2n) is 6.17. The number of hydrogen-bond acceptors (Lipinski definition) is 5. The summed E-state index contributed by atoms with van der Waals surface area (Å²) in [5, 5.41) is 19.5. The molecule has 6 N–H and O–H groups in total. The number of aliphatic hydroxyl groups excluding tert-OH is 1. The molecule has 0 aliphatic heterocycles. The molecule has 0 heterocycles. The Balaban J connectivity index is 2.77. The summed E-state index contributed by atoms with van der Waals surface area (Å²) in [5.74, 6) is -2.61. The quantitative estimate of drug-likeness (QED) is 0.448. The number of carbonyl (C=O) groups is 2. The van der Waals surface area contributed by atoms with Crippen LogP contribution in [0.15, 0.2) is 30.3 Å². The summed E-state index contributed by atoms with van der Waals surface area (Å²) >= 11 is 0. The largest absolute Gasteiger partial charge is 0.480 e. The molecular weight excluding hydrogens is 308 g/mol. The fourth-order valence-corrected chi connectivity index (χ4v) is 2.75. The number of hydrogen-bond donors (Lipinski definition) is 4. The van der Waals surface area contributed by atoms with Crippen molar-refractivity contribution in [2.24, 2.45) is 17.4 Å². The molecule has 0 saturated carbocycles. The molecule has 0 saturated heterocycles. The van der Waals surface area contributed by atoms with E-state index in [1.165, 1.54) is 0 Å². The maximum Gasteiger partial charge on any atom is 0.320 e. The first-order chi connectivity index (χ1) is 11.4. The fraction of sp³-hybridized carbons (Fsp3) is 0.556. The topological polar surface area (TPSA) is 127 Å². The van der Waals surface area contributed by atoms with E-state index in [1.54, 1.807) is 0 Å². The van der Waals surface area contributed by atoms with E-state index in [2.05, 4.69) is 0 Å². The number of rotatable bonds is 11. The number of aliphatic carboxylic acids is 1. The van der Waals surface area contributed by atoms with Crippen LogP contribution < -0.4 is 11.5 Å². The third-order valence-corrected chi connectivity index (χ3v) is 4.25. The van der Waals surface area contributed by atoms with Crippen molar-refractivity contribution in [2.45, 2.75) is 57.2 Å². The molecule has 0 spiro atoms. The number of carboxylic acids is 1. The van der Waals surface area contributed by atoms with Crippen LogP contribution in [0.2, 0.25) is 0 Å². The van der Waals surface area contributed by atoms with Gasteiger partial charge in [-0.2, -0.15) is 0 Å². The lowest BCUT2D eigenvalue weighted by Crippen LogP contribution is -2.51. The number of carboxylic acid groups (broad SMARTS) is 1. The Labute approximate surface area is 142 Å². The van der Waals surface area contributed by atoms with Crippen molar-refractivity contribution in [3.63, 3.8) is 0 Å². The zero-order valence-electron chi connectivity index (χ0n) is 14.1. The molecule has 134 valence electrons. The first-order valence-electron chi connectivity index (χ1n) is 8.38. The molecule has 4 atom stereocenters. The van der Waals surface area contributed by atoms with Crippen molar-refractivity contribution in [1.82, 2.24) is 0 Å². The summed E-state index contributed by atoms with van der Waals surface area (Å²) in [4.78, 5) is 23.6. The minimum Gasteiger partial charge on any atom is -0.480 e. The van der Waals surface area contributed by atoms with Gasteiger partial charge in [0.05, 0.1) is 6.04 Å². The van der Waals surface area contributed by atoms with Gasteiger partial charge >= 0.3 is 5.97 Å². The number of aliphatic hydroxyl groups is 1. The predicted molar refractivity (Wildman–Crippen MR) is 92.4 cm³/mol. The van der Waals surface area contributed by atoms with Crippen LogP contribution in [0.3, 0.4) is 0 Å². The molecule has 0 fully saturated rings. The third-order valence-electron chi connectivity index (χ3n) is 4.25. The average molecular weight is 336 g/mol. The Hall–Kier alpha value is -1.76. The standard InChI is InChI=1S/C18H28N2O4/c1-2-3-5-10-13(15(20)18(23)24)16(21)17(22)14(19)11-12-8-6-4-7-9-12/h4,6-9,13-16,21H,2-3,5,10-11,19-20H2,1H3,(H,23,24)/t13-,14?,15+,16?/m1/s1. The SMILES string of the molecule is CCCCC[C@@H](C(O)C(=O)C(N)Cc1ccccc1)[C@H](N)C(=O)O. The van der Waals surface area contributed by atoms with E-state index in [0.29, 0.717) is 19.3 Å². The molecule has 0 aromatic heterocycles. The van der Waals surface area contributed by atoms with E-state index in [0.717, 1.165) is 18.4 Å². The average Bonchev–Trinajstić information content (AvgIpc) is 2.57. The molecule has 24 heavy (non-hydrogen) atoms. The molecular formula is C18H28N2O4. The van der Waals surface area contributed by atoms with Gasteiger partial charge in [0.2, 0.25) is 0 Å². The predicted octanol–water partition coefficient (Wildman–Crippen LogP) is 1.09. The summed E-state index contributed by atoms with van der Waals surface area (Å²) in [6.07, 6.45) is 1.76. The highest BCUT2D eigenvalue weighted by Crippen LogP contribution is 2.20. The first-order valence-corrected chi connectivity index (χ1v) is 8.38. The Morgan fingerprint density at radius 3 is 2.29 bits per heavy atom. The van der Waals surface area contributed by atoms with Crippen LogP contribution in [0.1, 0.15) is 38.2 Å². The van der Waals surface area contributed by atoms with Crippen molar-refractivity contribution in [3.05, 3.63) is 35.9 Å². The summed E-state index contributed by atoms with van der Waals surface area (Å²) in [7, 11) is 0. The molecule has 0 radical (unpaired) electrons. The second-order valence-corrected chi connectivity index (χ2v) is 6.17. The van der Waals surface area contributed by atoms with E-state index in [9.17, 15) is 14.7 Å². The van der Waals surface area contributed by atoms with E-state index in [-0.39, 0.29) is 0 Å². The minimum atomic E-state index is -1.47. The number of unbranched alkanes of at least 4 members (excludes halogenated alkanes) is 2. The Morgan fingerprint density at radius 2 is 1.75 bits per heavy atom. The lowest BCUT2D eigenvalue weighted by Gasteiger charge is -2.27. The fourth-order valence-electron chi connectivity index (χ4n) is 2.75. The van der Waals surface area contributed by atoms with Gasteiger partial charge in [0.25, 0.3) is 0 Å². The van der Waals surface area contributed by atoms with Gasteiger partial charge < -0.3 is 21.7 Å². The van der Waals surface area contributed by atoms with Gasteiger partial charge in [-0.1, -0.05) is 56.5 Å². The third kappa shape index (κ3) is 6.03. The number of carbonyl (C=O) groups excluding carboxylic acids is 1. The van der Waals surface area contributed by atoms with Crippen molar-refractivity contribution in [2.75, 3.05) is 0 Å². The molecule has 1 aromatic carbocycles. The molecule has 0 aliphatic rings. The van der Waals surface area contributed by atoms with Crippen LogP contribution in [0.25, 0.3) is 0 Å². The summed E-state index contributed by atoms with van der Waals surface area (Å²) < 4.78 is 0. The van der Waals surface area contributed by atoms with Crippen LogP contribution in [-0.2, 0) is 16.0 Å². The van der Waals surface area contributed by atoms with Crippen molar-refractivity contribution < 1.29 is 19.8 Å². The maximum absolute atomic E-state index is 12.4. The summed E-state index contributed by atoms with van der Waals surface area (Å²) in [6, 6.07) is 7.07. The summed E-state index contributed by atoms with van der Waals surface area (Å²) in [6.45, 7) is 2.02. The van der Waals surface area contributed by atoms with E-state index in [4.69, 9.17) is 16.6 Å². The van der Waals surface area contributed by atoms with Gasteiger partial charge in [-0.05, 0) is 18.4 Å². The van der Waals surface area contributed by atoms with Gasteiger partial charge in [-0.3, -0.25) is 9.59 Å². The van der Waals surface area contributed by atoms with Gasteiger partial charge in [0.1, 0.15) is 12.1 Å². The van der Waals surface area contributed by atoms with Gasteiger partial charge in [-0.15, -0.1) is 0 Å². The van der Waals surface area contributed by atoms with Gasteiger partial charge in [0.15, 0.2) is 5.78 Å². The number of ketones is 1. The molecule has 1 aromatic rings. The molecule has 2 unspecified atom stereocenters. The molecule has 6 heteroatoms. The van der Waals surface area contributed by atoms with Crippen LogP contribution in [-0.4, -0.2) is 40.2 Å². The van der Waals surface area contributed by atoms with Crippen molar-refractivity contribution in [3.8, 4) is 0 Å². The highest BCUT2D eigenvalue weighted by molar-refractivity contribution is 5.89. The van der Waals surface area contributed by atoms with Crippen molar-refractivity contribution >= 4 is 11.8 Å². The zero-order chi connectivity index (χ0) is 18.1. The number of Topliss-reactive ketones (excluding diaryl/α,β-unsaturated/α-hetero) is 1. The van der Waals surface area contributed by atoms with E-state index >= 15 is 0 Å². The Morgan fingerprint density at radius 1 is 1.12 bits per heavy atom. The molecule has 0 aliphatic carbocycles. The minimum absolute atomic E-state index is 0.292. The Kier molecular flexibility index (Phi) is 8.60. The lowest BCUT2D eigenvalue weighted by molar-refractivity contribution is -0.143. The van der Waals surface area contributed by atoms with Crippen LogP contribution >= 0.6 is 0 Å². The van der Waals surface area contributed by atoms with Gasteiger partial charge in [-0.25, -0.2) is 0 Å². The molecule has 0 bridgehead atoms. The van der Waals surface area contributed by atoms with E-state index in [1.807, 2.05) is 37.3 Å². The monoisotopic (exact) mass is 336 g/mol. The molecule has 1 rings (SSSR count). The van der Waals surface area contributed by atoms with E-state index < -0.39 is 35.9 Å². The smallest absolute Gasteiger partial charge is 0.320 e. The molecule has 0 amide bonds. The van der Waals surface area contributed by atoms with Gasteiger partial charge in [0, 0.05) is 5.92 Å². The first kappa shape index (κ1) is 20.3. The zero-order valence-corrected chi connectivity index (χ0v) is 14.1. The summed E-state index contributed by atoms with van der Waals surface area (Å²) in [5.41, 5.74) is 12.5. The lowest BCUT2D eigenvalue weighted by atomic mass is 9.84. The van der Waals surface area contributed by atoms with Crippen LogP contribution in [0, 0.1) is 5.92 Å². The molecule has 6 nitrogen and oxygen atoms in total. The van der Waals surface area contributed by atoms with Crippen molar-refractivity contribution in [1.29, 1.82) is 0 Å². The highest BCUT2D eigenvalue weighted by atomic mass is 16.4. The maximum atomic E-state index is 12.4. The van der Waals surface area contributed by atoms with Crippen LogP contribution in [0.5, 0.6) is 0 Å².